The van der Waals surface area contributed by atoms with Gasteiger partial charge >= 0.3 is 0 Å². The van der Waals surface area contributed by atoms with E-state index in [2.05, 4.69) is 31.0 Å². The van der Waals surface area contributed by atoms with Gasteiger partial charge in [-0.1, -0.05) is 24.6 Å². The Morgan fingerprint density at radius 2 is 2.32 bits per heavy atom. The van der Waals surface area contributed by atoms with Crippen molar-refractivity contribution in [1.82, 2.24) is 4.98 Å². The third-order valence-corrected chi connectivity index (χ3v) is 4.53. The lowest BCUT2D eigenvalue weighted by atomic mass is 9.63. The van der Waals surface area contributed by atoms with Crippen molar-refractivity contribution in [3.8, 4) is 0 Å². The maximum absolute atomic E-state index is 11.5. The van der Waals surface area contributed by atoms with Gasteiger partial charge in [-0.25, -0.2) is 0 Å². The first-order valence-electron chi connectivity index (χ1n) is 6.96. The van der Waals surface area contributed by atoms with E-state index in [1.54, 1.807) is 6.07 Å². The molecule has 3 nitrogen and oxygen atoms in total. The average molecular weight is 256 g/mol. The van der Waals surface area contributed by atoms with Crippen molar-refractivity contribution in [2.24, 2.45) is 11.7 Å². The largest absolute Gasteiger partial charge is 0.326 e. The Morgan fingerprint density at radius 1 is 1.53 bits per heavy atom. The number of fused-ring (bicyclic) bond motifs is 4. The normalized spacial score (nSPS) is 31.0. The highest BCUT2D eigenvalue weighted by Gasteiger charge is 2.44. The van der Waals surface area contributed by atoms with Crippen molar-refractivity contribution in [1.29, 1.82) is 0 Å². The Morgan fingerprint density at radius 3 is 3.00 bits per heavy atom. The molecule has 2 atom stereocenters. The number of hydrogen-bond acceptors (Lipinski definition) is 2. The maximum atomic E-state index is 11.5. The van der Waals surface area contributed by atoms with Gasteiger partial charge in [0, 0.05) is 17.7 Å². The number of nitrogens with one attached hydrogen (secondary N) is 1. The van der Waals surface area contributed by atoms with Crippen LogP contribution >= 0.6 is 0 Å². The number of rotatable bonds is 1. The van der Waals surface area contributed by atoms with Crippen molar-refractivity contribution in [3.63, 3.8) is 0 Å². The van der Waals surface area contributed by atoms with Crippen LogP contribution in [0.15, 0.2) is 40.2 Å². The van der Waals surface area contributed by atoms with Gasteiger partial charge in [0.2, 0.25) is 5.56 Å². The quantitative estimate of drug-likeness (QED) is 0.758. The molecule has 0 unspecified atom stereocenters. The predicted molar refractivity (Wildman–Crippen MR) is 76.9 cm³/mol. The van der Waals surface area contributed by atoms with Crippen LogP contribution in [0.2, 0.25) is 0 Å². The number of aromatic nitrogens is 1. The number of aromatic amines is 1. The summed E-state index contributed by atoms with van der Waals surface area (Å²) in [4.78, 5) is 14.5. The summed E-state index contributed by atoms with van der Waals surface area (Å²) in [5.41, 5.74) is 11.1. The van der Waals surface area contributed by atoms with Gasteiger partial charge in [0.1, 0.15) is 0 Å². The summed E-state index contributed by atoms with van der Waals surface area (Å²) in [6.45, 7) is 4.24. The minimum Gasteiger partial charge on any atom is -0.326 e. The van der Waals surface area contributed by atoms with E-state index in [0.717, 1.165) is 30.5 Å². The zero-order chi connectivity index (χ0) is 13.6. The molecule has 0 aromatic carbocycles. The highest BCUT2D eigenvalue weighted by Crippen LogP contribution is 2.48. The van der Waals surface area contributed by atoms with Crippen molar-refractivity contribution >= 4 is 0 Å². The van der Waals surface area contributed by atoms with Crippen molar-refractivity contribution in [2.75, 3.05) is 0 Å². The fraction of sp³-hybridized carbons (Fsp3) is 0.438. The summed E-state index contributed by atoms with van der Waals surface area (Å²) in [5.74, 6) is 0.337. The molecular formula is C16H20N2O. The summed E-state index contributed by atoms with van der Waals surface area (Å²) in [6.07, 6.45) is 7.26. The molecule has 2 aliphatic rings. The summed E-state index contributed by atoms with van der Waals surface area (Å²) >= 11 is 0. The second kappa shape index (κ2) is 4.20. The van der Waals surface area contributed by atoms with Crippen molar-refractivity contribution in [2.45, 2.75) is 38.6 Å². The second-order valence-corrected chi connectivity index (χ2v) is 5.60. The van der Waals surface area contributed by atoms with Gasteiger partial charge in [0.15, 0.2) is 0 Å². The van der Waals surface area contributed by atoms with Gasteiger partial charge in [-0.05, 0) is 43.4 Å². The Labute approximate surface area is 113 Å². The zero-order valence-corrected chi connectivity index (χ0v) is 11.5. The first kappa shape index (κ1) is 12.4. The molecule has 3 rings (SSSR count). The van der Waals surface area contributed by atoms with E-state index in [0.29, 0.717) is 5.92 Å². The van der Waals surface area contributed by atoms with Crippen LogP contribution in [0, 0.1) is 5.92 Å². The van der Waals surface area contributed by atoms with E-state index < -0.39 is 5.54 Å². The minimum absolute atomic E-state index is 0.0379. The van der Waals surface area contributed by atoms with E-state index in [-0.39, 0.29) is 5.56 Å². The first-order valence-corrected chi connectivity index (χ1v) is 6.96. The number of nitrogens with two attached hydrogens (primary N) is 1. The van der Waals surface area contributed by atoms with E-state index in [9.17, 15) is 4.79 Å². The van der Waals surface area contributed by atoms with Crippen LogP contribution in [0.1, 0.15) is 37.9 Å². The lowest BCUT2D eigenvalue weighted by Gasteiger charge is -2.45. The molecule has 1 heterocycles. The minimum atomic E-state index is -0.433. The van der Waals surface area contributed by atoms with E-state index >= 15 is 0 Å². The maximum Gasteiger partial charge on any atom is 0.248 e. The molecule has 0 saturated carbocycles. The number of allylic oxidation sites excluding steroid dienone is 2. The number of hydrogen-bond donors (Lipinski definition) is 2. The number of pyridine rings is 1. The molecule has 1 aromatic heterocycles. The van der Waals surface area contributed by atoms with Gasteiger partial charge in [-0.15, -0.1) is 0 Å². The summed E-state index contributed by atoms with van der Waals surface area (Å²) in [6, 6.07) is 3.50. The van der Waals surface area contributed by atoms with Crippen molar-refractivity contribution in [3.05, 3.63) is 57.0 Å². The first-order chi connectivity index (χ1) is 9.08. The molecule has 100 valence electrons. The van der Waals surface area contributed by atoms with Crippen LogP contribution in [0.25, 0.3) is 0 Å². The molecule has 0 amide bonds. The monoisotopic (exact) mass is 256 g/mol. The Bertz CT molecular complexity index is 638. The fourth-order valence-electron chi connectivity index (χ4n) is 3.67. The Kier molecular flexibility index (Phi) is 2.75. The van der Waals surface area contributed by atoms with Crippen LogP contribution in [-0.4, -0.2) is 4.98 Å². The molecule has 19 heavy (non-hydrogen) atoms. The topological polar surface area (TPSA) is 58.9 Å². The molecule has 3 heteroatoms. The smallest absolute Gasteiger partial charge is 0.248 e. The summed E-state index contributed by atoms with van der Waals surface area (Å²) < 4.78 is 0. The molecule has 0 aliphatic heterocycles. The molecule has 2 bridgehead atoms. The lowest BCUT2D eigenvalue weighted by Crippen LogP contribution is -2.48. The van der Waals surface area contributed by atoms with Gasteiger partial charge in [-0.3, -0.25) is 4.79 Å². The SMILES string of the molecule is C/C=C1\[C@H]2C=C(CC)C[C@]1(N)c1ccc(=O)[nH]c1C2. The average Bonchev–Trinajstić information content (AvgIpc) is 2.37. The highest BCUT2D eigenvalue weighted by atomic mass is 16.1. The molecule has 0 saturated heterocycles. The summed E-state index contributed by atoms with van der Waals surface area (Å²) in [5, 5.41) is 0. The molecule has 0 radical (unpaired) electrons. The Balaban J connectivity index is 2.24. The highest BCUT2D eigenvalue weighted by molar-refractivity contribution is 5.49. The molecule has 1 aromatic rings. The second-order valence-electron chi connectivity index (χ2n) is 5.60. The van der Waals surface area contributed by atoms with Crippen LogP contribution < -0.4 is 11.3 Å². The van der Waals surface area contributed by atoms with E-state index in [1.807, 2.05) is 6.07 Å². The van der Waals surface area contributed by atoms with Gasteiger partial charge in [0.25, 0.3) is 0 Å². The molecule has 0 fully saturated rings. The number of H-pyrrole nitrogens is 1. The van der Waals surface area contributed by atoms with Gasteiger partial charge < -0.3 is 10.7 Å². The predicted octanol–water partition coefficient (Wildman–Crippen LogP) is 2.39. The fourth-order valence-corrected chi connectivity index (χ4v) is 3.67. The van der Waals surface area contributed by atoms with Crippen LogP contribution in [-0.2, 0) is 12.0 Å². The Hall–Kier alpha value is -1.61. The van der Waals surface area contributed by atoms with Crippen LogP contribution in [0.5, 0.6) is 0 Å². The standard InChI is InChI=1S/C16H20N2O/c1-3-10-7-11-8-14-13(5-6-15(19)18-14)16(17,9-10)12(11)4-2/h4-7,11H,3,8-9,17H2,1-2H3,(H,18,19)/b12-4+/t11-,16+/m0/s1. The van der Waals surface area contributed by atoms with Crippen molar-refractivity contribution < 1.29 is 0 Å². The third-order valence-electron chi connectivity index (χ3n) is 4.53. The molecular weight excluding hydrogens is 236 g/mol. The van der Waals surface area contributed by atoms with Crippen LogP contribution in [0.3, 0.4) is 0 Å². The molecule has 2 aliphatic carbocycles. The summed E-state index contributed by atoms with van der Waals surface area (Å²) in [7, 11) is 0. The van der Waals surface area contributed by atoms with Gasteiger partial charge in [-0.2, -0.15) is 0 Å². The van der Waals surface area contributed by atoms with Crippen LogP contribution in [0.4, 0.5) is 0 Å². The third kappa shape index (κ3) is 1.72. The molecule has 3 N–H and O–H groups in total. The van der Waals surface area contributed by atoms with E-state index in [4.69, 9.17) is 5.73 Å². The molecule has 0 spiro atoms. The van der Waals surface area contributed by atoms with E-state index in [1.165, 1.54) is 11.1 Å². The van der Waals surface area contributed by atoms with Gasteiger partial charge in [0.05, 0.1) is 5.54 Å². The lowest BCUT2D eigenvalue weighted by molar-refractivity contribution is 0.405. The zero-order valence-electron chi connectivity index (χ0n) is 11.5.